The van der Waals surface area contributed by atoms with Gasteiger partial charge in [-0.05, 0) is 37.2 Å². The summed E-state index contributed by atoms with van der Waals surface area (Å²) >= 11 is 0. The van der Waals surface area contributed by atoms with Crippen LogP contribution in [0.4, 0.5) is 4.39 Å². The van der Waals surface area contributed by atoms with Gasteiger partial charge in [0.25, 0.3) is 0 Å². The lowest BCUT2D eigenvalue weighted by atomic mass is 9.96. The summed E-state index contributed by atoms with van der Waals surface area (Å²) < 4.78 is 19.9. The van der Waals surface area contributed by atoms with Crippen LogP contribution in [-0.2, 0) is 6.42 Å². The molecule has 2 aromatic rings. The lowest BCUT2D eigenvalue weighted by Gasteiger charge is -2.14. The van der Waals surface area contributed by atoms with E-state index >= 15 is 0 Å². The Morgan fingerprint density at radius 1 is 0.743 bits per heavy atom. The van der Waals surface area contributed by atoms with E-state index in [-0.39, 0.29) is 0 Å². The molecule has 0 amide bonds. The molecule has 2 rings (SSSR count). The monoisotopic (exact) mass is 484 g/mol. The molecule has 0 N–H and O–H groups in total. The van der Waals surface area contributed by atoms with Crippen LogP contribution in [0.25, 0.3) is 11.4 Å². The third-order valence-corrected chi connectivity index (χ3v) is 6.88. The molecule has 0 radical (unpaired) electrons. The first kappa shape index (κ1) is 29.3. The average molecular weight is 485 g/mol. The van der Waals surface area contributed by atoms with Crippen LogP contribution in [0.15, 0.2) is 36.7 Å². The molecule has 0 fully saturated rings. The third-order valence-electron chi connectivity index (χ3n) is 6.88. The Morgan fingerprint density at radius 2 is 1.37 bits per heavy atom. The zero-order valence-corrected chi connectivity index (χ0v) is 22.6. The van der Waals surface area contributed by atoms with Crippen molar-refractivity contribution in [2.45, 2.75) is 123 Å². The second-order valence-corrected chi connectivity index (χ2v) is 10.2. The van der Waals surface area contributed by atoms with Crippen LogP contribution in [0, 0.1) is 5.92 Å². The Hall–Kier alpha value is -1.97. The van der Waals surface area contributed by atoms with Crippen LogP contribution in [0.2, 0.25) is 0 Å². The quantitative estimate of drug-likeness (QED) is 0.175. The highest BCUT2D eigenvalue weighted by Gasteiger charge is 2.11. The molecule has 2 atom stereocenters. The SMILES string of the molecule is CCCCCCCCCc1ccc(-c2ncc(OCCC(F)CCC(C)CCCCC)cn2)cc1. The largest absolute Gasteiger partial charge is 0.490 e. The summed E-state index contributed by atoms with van der Waals surface area (Å²) in [4.78, 5) is 8.91. The van der Waals surface area contributed by atoms with Crippen LogP contribution in [0.1, 0.15) is 116 Å². The maximum Gasteiger partial charge on any atom is 0.159 e. The average Bonchev–Trinajstić information content (AvgIpc) is 2.88. The van der Waals surface area contributed by atoms with Crippen molar-refractivity contribution in [2.75, 3.05) is 6.61 Å². The standard InChI is InChI=1S/C31H49FN2O/c1-4-6-8-9-10-11-13-15-27-17-19-28(20-18-27)31-33-24-30(25-34-31)35-23-22-29(32)21-16-26(3)14-12-7-5-2/h17-20,24-26,29H,4-16,21-23H2,1-3H3. The molecule has 1 aromatic carbocycles. The van der Waals surface area contributed by atoms with Crippen molar-refractivity contribution in [2.24, 2.45) is 5.92 Å². The van der Waals surface area contributed by atoms with E-state index in [1.807, 2.05) is 0 Å². The van der Waals surface area contributed by atoms with Gasteiger partial charge >= 0.3 is 0 Å². The summed E-state index contributed by atoms with van der Waals surface area (Å²) in [7, 11) is 0. The topological polar surface area (TPSA) is 35.0 Å². The minimum atomic E-state index is -0.802. The van der Waals surface area contributed by atoms with Crippen molar-refractivity contribution in [3.8, 4) is 17.1 Å². The molecular weight excluding hydrogens is 435 g/mol. The summed E-state index contributed by atoms with van der Waals surface area (Å²) in [5.41, 5.74) is 2.38. The van der Waals surface area contributed by atoms with Crippen molar-refractivity contribution in [1.82, 2.24) is 9.97 Å². The first-order valence-electron chi connectivity index (χ1n) is 14.3. The lowest BCUT2D eigenvalue weighted by Crippen LogP contribution is -2.09. The van der Waals surface area contributed by atoms with E-state index in [0.29, 0.717) is 36.9 Å². The van der Waals surface area contributed by atoms with Crippen molar-refractivity contribution in [3.05, 3.63) is 42.2 Å². The number of aromatic nitrogens is 2. The number of halogens is 1. The lowest BCUT2D eigenvalue weighted by molar-refractivity contribution is 0.215. The molecule has 0 aliphatic carbocycles. The molecule has 0 saturated carbocycles. The molecule has 0 aliphatic heterocycles. The van der Waals surface area contributed by atoms with E-state index in [1.54, 1.807) is 12.4 Å². The first-order valence-corrected chi connectivity index (χ1v) is 14.3. The van der Waals surface area contributed by atoms with Gasteiger partial charge in [-0.2, -0.15) is 0 Å². The Balaban J connectivity index is 1.64. The Kier molecular flexibility index (Phi) is 15.3. The van der Waals surface area contributed by atoms with Gasteiger partial charge in [-0.15, -0.1) is 0 Å². The molecule has 196 valence electrons. The van der Waals surface area contributed by atoms with Crippen LogP contribution >= 0.6 is 0 Å². The third kappa shape index (κ3) is 13.1. The molecule has 0 bridgehead atoms. The number of hydrogen-bond donors (Lipinski definition) is 0. The van der Waals surface area contributed by atoms with Crippen molar-refractivity contribution < 1.29 is 9.13 Å². The van der Waals surface area contributed by atoms with E-state index in [1.165, 1.54) is 76.2 Å². The fourth-order valence-electron chi connectivity index (χ4n) is 4.45. The van der Waals surface area contributed by atoms with Gasteiger partial charge in [0.15, 0.2) is 11.6 Å². The summed E-state index contributed by atoms with van der Waals surface area (Å²) in [5, 5.41) is 0. The molecule has 3 nitrogen and oxygen atoms in total. The van der Waals surface area contributed by atoms with Gasteiger partial charge in [0.05, 0.1) is 19.0 Å². The molecule has 0 aliphatic rings. The van der Waals surface area contributed by atoms with Crippen LogP contribution in [0.5, 0.6) is 5.75 Å². The molecule has 4 heteroatoms. The van der Waals surface area contributed by atoms with Crippen molar-refractivity contribution in [3.63, 3.8) is 0 Å². The molecule has 0 spiro atoms. The molecule has 2 unspecified atom stereocenters. The highest BCUT2D eigenvalue weighted by atomic mass is 19.1. The number of ether oxygens (including phenoxy) is 1. The van der Waals surface area contributed by atoms with E-state index in [9.17, 15) is 4.39 Å². The Labute approximate surface area is 214 Å². The van der Waals surface area contributed by atoms with E-state index in [0.717, 1.165) is 18.4 Å². The summed E-state index contributed by atoms with van der Waals surface area (Å²) in [6.07, 6.45) is 20.1. The summed E-state index contributed by atoms with van der Waals surface area (Å²) in [6.45, 7) is 7.08. The molecule has 0 saturated heterocycles. The number of benzene rings is 1. The van der Waals surface area contributed by atoms with Crippen molar-refractivity contribution in [1.29, 1.82) is 0 Å². The predicted molar refractivity (Wildman–Crippen MR) is 147 cm³/mol. The molecule has 1 aromatic heterocycles. The van der Waals surface area contributed by atoms with Crippen LogP contribution < -0.4 is 4.74 Å². The van der Waals surface area contributed by atoms with E-state index in [4.69, 9.17) is 4.74 Å². The van der Waals surface area contributed by atoms with Gasteiger partial charge in [-0.1, -0.05) is 109 Å². The zero-order valence-electron chi connectivity index (χ0n) is 22.6. The number of aryl methyl sites for hydroxylation is 1. The minimum Gasteiger partial charge on any atom is -0.490 e. The smallest absolute Gasteiger partial charge is 0.159 e. The zero-order chi connectivity index (χ0) is 25.1. The van der Waals surface area contributed by atoms with Gasteiger partial charge in [-0.25, -0.2) is 14.4 Å². The highest BCUT2D eigenvalue weighted by molar-refractivity contribution is 5.55. The fraction of sp³-hybridized carbons (Fsp3) is 0.677. The maximum atomic E-state index is 14.2. The van der Waals surface area contributed by atoms with Gasteiger partial charge in [0.2, 0.25) is 0 Å². The molecule has 35 heavy (non-hydrogen) atoms. The van der Waals surface area contributed by atoms with E-state index in [2.05, 4.69) is 55.0 Å². The second-order valence-electron chi connectivity index (χ2n) is 10.2. The minimum absolute atomic E-state index is 0.362. The summed E-state index contributed by atoms with van der Waals surface area (Å²) in [5.74, 6) is 1.90. The van der Waals surface area contributed by atoms with Gasteiger partial charge in [0, 0.05) is 12.0 Å². The number of unbranched alkanes of at least 4 members (excludes halogenated alkanes) is 8. The Morgan fingerprint density at radius 3 is 2.06 bits per heavy atom. The van der Waals surface area contributed by atoms with E-state index < -0.39 is 6.17 Å². The maximum absolute atomic E-state index is 14.2. The molecular formula is C31H49FN2O. The number of rotatable bonds is 20. The van der Waals surface area contributed by atoms with Gasteiger partial charge in [-0.3, -0.25) is 0 Å². The first-order chi connectivity index (χ1) is 17.1. The highest BCUT2D eigenvalue weighted by Crippen LogP contribution is 2.21. The number of alkyl halides is 1. The number of hydrogen-bond acceptors (Lipinski definition) is 3. The van der Waals surface area contributed by atoms with Crippen LogP contribution in [0.3, 0.4) is 0 Å². The number of nitrogens with zero attached hydrogens (tertiary/aromatic N) is 2. The predicted octanol–water partition coefficient (Wildman–Crippen LogP) is 9.54. The normalized spacial score (nSPS) is 13.0. The van der Waals surface area contributed by atoms with Crippen LogP contribution in [-0.4, -0.2) is 22.7 Å². The summed E-state index contributed by atoms with van der Waals surface area (Å²) in [6, 6.07) is 8.57. The van der Waals surface area contributed by atoms with Gasteiger partial charge < -0.3 is 4.74 Å². The fourth-order valence-corrected chi connectivity index (χ4v) is 4.45. The van der Waals surface area contributed by atoms with Crippen molar-refractivity contribution >= 4 is 0 Å². The van der Waals surface area contributed by atoms with Gasteiger partial charge in [0.1, 0.15) is 6.17 Å². The second kappa shape index (κ2) is 18.3. The Bertz CT molecular complexity index is 763. The molecule has 1 heterocycles.